The molecule has 4 aliphatic rings. The molecule has 140 valence electrons. The highest BCUT2D eigenvalue weighted by molar-refractivity contribution is 5.70. The van der Waals surface area contributed by atoms with Gasteiger partial charge in [0.05, 0.1) is 11.8 Å². The summed E-state index contributed by atoms with van der Waals surface area (Å²) in [5.41, 5.74) is 4.87. The van der Waals surface area contributed by atoms with E-state index in [4.69, 9.17) is 5.10 Å². The molecule has 0 aliphatic heterocycles. The van der Waals surface area contributed by atoms with Gasteiger partial charge in [0.1, 0.15) is 0 Å². The highest BCUT2D eigenvalue weighted by Crippen LogP contribution is 2.66. The number of rotatable bonds is 1. The van der Waals surface area contributed by atoms with Crippen LogP contribution in [0.1, 0.15) is 64.5 Å². The minimum atomic E-state index is -0.108. The second kappa shape index (κ2) is 5.58. The Morgan fingerprint density at radius 3 is 2.65 bits per heavy atom. The molecule has 2 saturated carbocycles. The maximum absolute atomic E-state index is 10.2. The average molecular weight is 353 g/mol. The Morgan fingerprint density at radius 1 is 1.08 bits per heavy atom. The second-order valence-corrected chi connectivity index (χ2v) is 9.84. The quantitative estimate of drug-likeness (QED) is 0.742. The lowest BCUT2D eigenvalue weighted by atomic mass is 9.47. The van der Waals surface area contributed by atoms with Gasteiger partial charge in [-0.2, -0.15) is 5.10 Å². The van der Waals surface area contributed by atoms with Gasteiger partial charge in [0, 0.05) is 13.2 Å². The first-order chi connectivity index (χ1) is 12.4. The van der Waals surface area contributed by atoms with Crippen molar-refractivity contribution in [2.45, 2.75) is 64.9 Å². The molecule has 4 aliphatic carbocycles. The molecular weight excluding hydrogens is 320 g/mol. The molecule has 0 aromatic carbocycles. The van der Waals surface area contributed by atoms with E-state index in [1.54, 1.807) is 5.57 Å². The lowest BCUT2D eigenvalue weighted by Crippen LogP contribution is -2.49. The summed E-state index contributed by atoms with van der Waals surface area (Å²) in [6, 6.07) is 2.19. The first-order valence-corrected chi connectivity index (χ1v) is 10.5. The fourth-order valence-corrected chi connectivity index (χ4v) is 7.16. The van der Waals surface area contributed by atoms with Crippen molar-refractivity contribution in [2.24, 2.45) is 35.6 Å². The summed E-state index contributed by atoms with van der Waals surface area (Å²) in [4.78, 5) is 0. The van der Waals surface area contributed by atoms with Gasteiger partial charge in [-0.1, -0.05) is 31.6 Å². The minimum absolute atomic E-state index is 0.108. The number of allylic oxidation sites excluding steroid dienone is 3. The van der Waals surface area contributed by atoms with Crippen LogP contribution in [0.5, 0.6) is 0 Å². The maximum atomic E-state index is 10.2. The zero-order valence-electron chi connectivity index (χ0n) is 16.4. The Kier molecular flexibility index (Phi) is 3.60. The molecule has 0 saturated heterocycles. The lowest BCUT2D eigenvalue weighted by Gasteiger charge is -2.57. The predicted molar refractivity (Wildman–Crippen MR) is 104 cm³/mol. The lowest BCUT2D eigenvalue weighted by molar-refractivity contribution is -0.0238. The van der Waals surface area contributed by atoms with Gasteiger partial charge in [-0.3, -0.25) is 4.68 Å². The summed E-state index contributed by atoms with van der Waals surface area (Å²) in [6.07, 6.45) is 15.1. The number of aliphatic hydroxyl groups excluding tert-OH is 1. The topological polar surface area (TPSA) is 38.0 Å². The molecule has 3 heteroatoms. The molecule has 1 N–H and O–H groups in total. The van der Waals surface area contributed by atoms with Crippen LogP contribution in [-0.4, -0.2) is 21.0 Å². The number of hydrogen-bond donors (Lipinski definition) is 1. The first-order valence-electron chi connectivity index (χ1n) is 10.5. The number of aryl methyl sites for hydroxylation is 1. The van der Waals surface area contributed by atoms with Crippen LogP contribution in [0.4, 0.5) is 0 Å². The van der Waals surface area contributed by atoms with E-state index >= 15 is 0 Å². The summed E-state index contributed by atoms with van der Waals surface area (Å²) in [5.74, 6) is 2.33. The van der Waals surface area contributed by atoms with Crippen LogP contribution in [0.15, 0.2) is 30.0 Å². The highest BCUT2D eigenvalue weighted by atomic mass is 16.3. The van der Waals surface area contributed by atoms with E-state index in [0.717, 1.165) is 30.6 Å². The van der Waals surface area contributed by atoms with Crippen molar-refractivity contribution in [3.63, 3.8) is 0 Å². The van der Waals surface area contributed by atoms with Crippen molar-refractivity contribution in [2.75, 3.05) is 0 Å². The highest BCUT2D eigenvalue weighted by Gasteiger charge is 2.56. The van der Waals surface area contributed by atoms with Gasteiger partial charge in [-0.15, -0.1) is 0 Å². The Bertz CT molecular complexity index is 790. The van der Waals surface area contributed by atoms with Crippen molar-refractivity contribution in [3.05, 3.63) is 35.7 Å². The van der Waals surface area contributed by atoms with E-state index in [0.29, 0.717) is 5.41 Å². The van der Waals surface area contributed by atoms with Crippen molar-refractivity contribution < 1.29 is 5.11 Å². The van der Waals surface area contributed by atoms with Gasteiger partial charge in [-0.05, 0) is 85.2 Å². The number of aromatic nitrogens is 2. The molecule has 3 nitrogen and oxygen atoms in total. The Morgan fingerprint density at radius 2 is 1.88 bits per heavy atom. The summed E-state index contributed by atoms with van der Waals surface area (Å²) >= 11 is 0. The van der Waals surface area contributed by atoms with Crippen molar-refractivity contribution in [1.82, 2.24) is 9.78 Å². The van der Waals surface area contributed by atoms with E-state index in [1.807, 2.05) is 11.7 Å². The Hall–Kier alpha value is -1.35. The zero-order valence-corrected chi connectivity index (χ0v) is 16.4. The molecule has 0 unspecified atom stereocenters. The van der Waals surface area contributed by atoms with E-state index in [2.05, 4.69) is 38.3 Å². The van der Waals surface area contributed by atoms with Gasteiger partial charge in [0.2, 0.25) is 0 Å². The fourth-order valence-electron chi connectivity index (χ4n) is 7.16. The third-order valence-electron chi connectivity index (χ3n) is 8.65. The molecule has 26 heavy (non-hydrogen) atoms. The third kappa shape index (κ3) is 2.19. The van der Waals surface area contributed by atoms with Gasteiger partial charge in [0.25, 0.3) is 0 Å². The molecule has 0 radical (unpaired) electrons. The van der Waals surface area contributed by atoms with Crippen LogP contribution in [0.3, 0.4) is 0 Å². The van der Waals surface area contributed by atoms with E-state index < -0.39 is 0 Å². The van der Waals surface area contributed by atoms with E-state index in [-0.39, 0.29) is 11.5 Å². The van der Waals surface area contributed by atoms with Gasteiger partial charge >= 0.3 is 0 Å². The van der Waals surface area contributed by atoms with Crippen LogP contribution >= 0.6 is 0 Å². The summed E-state index contributed by atoms with van der Waals surface area (Å²) in [6.45, 7) is 5.01. The van der Waals surface area contributed by atoms with Crippen molar-refractivity contribution >= 4 is 5.57 Å². The SMILES string of the molecule is Cn1ccc(C2=CC[C@H]3[C@@H]4CC=C5C[C@@H](O)CC[C@]5(C)[C@H]4CC[C@]23C)n1. The third-order valence-corrected chi connectivity index (χ3v) is 8.65. The van der Waals surface area contributed by atoms with Crippen molar-refractivity contribution in [1.29, 1.82) is 0 Å². The van der Waals surface area contributed by atoms with Crippen LogP contribution in [0.25, 0.3) is 5.57 Å². The first kappa shape index (κ1) is 16.8. The molecule has 5 rings (SSSR count). The standard InChI is InChI=1S/C23H32N2O/c1-22-11-8-16(26)14-15(22)4-5-17-18-6-7-20(21-10-13-25(3)24-21)23(18,2)12-9-19(17)22/h4,7,10,13,16-19,26H,5-6,8-9,11-12,14H2,1-3H3/t16-,17-,18-,19-,22-,23-/m0/s1. The van der Waals surface area contributed by atoms with E-state index in [1.165, 1.54) is 43.4 Å². The number of nitrogens with zero attached hydrogens (tertiary/aromatic N) is 2. The average Bonchev–Trinajstić information content (AvgIpc) is 3.18. The van der Waals surface area contributed by atoms with Crippen LogP contribution in [0.2, 0.25) is 0 Å². The van der Waals surface area contributed by atoms with Gasteiger partial charge in [-0.25, -0.2) is 0 Å². The number of fused-ring (bicyclic) bond motifs is 5. The summed E-state index contributed by atoms with van der Waals surface area (Å²) < 4.78 is 1.93. The molecule has 1 aromatic rings. The minimum Gasteiger partial charge on any atom is -0.393 e. The maximum Gasteiger partial charge on any atom is 0.0885 e. The monoisotopic (exact) mass is 352 g/mol. The molecule has 2 fully saturated rings. The zero-order chi connectivity index (χ0) is 18.1. The molecular formula is C23H32N2O. The fraction of sp³-hybridized carbons (Fsp3) is 0.696. The van der Waals surface area contributed by atoms with Gasteiger partial charge in [0.15, 0.2) is 0 Å². The Labute approximate surface area is 157 Å². The van der Waals surface area contributed by atoms with Gasteiger partial charge < -0.3 is 5.11 Å². The molecule has 0 bridgehead atoms. The number of aliphatic hydroxyl groups is 1. The van der Waals surface area contributed by atoms with Crippen LogP contribution in [-0.2, 0) is 7.05 Å². The predicted octanol–water partition coefficient (Wildman–Crippen LogP) is 4.74. The summed E-state index contributed by atoms with van der Waals surface area (Å²) in [5, 5.41) is 14.9. The van der Waals surface area contributed by atoms with Crippen LogP contribution in [0, 0.1) is 28.6 Å². The molecule has 0 amide bonds. The molecule has 1 aromatic heterocycles. The largest absolute Gasteiger partial charge is 0.393 e. The Balaban J connectivity index is 1.47. The van der Waals surface area contributed by atoms with Crippen LogP contribution < -0.4 is 0 Å². The molecule has 1 heterocycles. The second-order valence-electron chi connectivity index (χ2n) is 9.84. The van der Waals surface area contributed by atoms with E-state index in [9.17, 15) is 5.11 Å². The summed E-state index contributed by atoms with van der Waals surface area (Å²) in [7, 11) is 2.02. The molecule has 6 atom stereocenters. The molecule has 0 spiro atoms. The van der Waals surface area contributed by atoms with Crippen molar-refractivity contribution in [3.8, 4) is 0 Å². The normalized spacial score (nSPS) is 44.6. The number of hydrogen-bond acceptors (Lipinski definition) is 2. The smallest absolute Gasteiger partial charge is 0.0885 e.